The monoisotopic (exact) mass is 367 g/mol. The Hall–Kier alpha value is -1.60. The number of aliphatic imine (C=N–C) groups is 1. The third-order valence-electron chi connectivity index (χ3n) is 4.21. The number of hydrogen-bond donors (Lipinski definition) is 3. The minimum atomic E-state index is -0.691. The Morgan fingerprint density at radius 2 is 2.20 bits per heavy atom. The lowest BCUT2D eigenvalue weighted by Gasteiger charge is -2.23. The Kier molecular flexibility index (Phi) is 7.25. The summed E-state index contributed by atoms with van der Waals surface area (Å²) in [6, 6.07) is 5.70. The maximum absolute atomic E-state index is 10.5. The van der Waals surface area contributed by atoms with Gasteiger partial charge in [0.1, 0.15) is 11.5 Å². The predicted octanol–water partition coefficient (Wildman–Crippen LogP) is 2.19. The van der Waals surface area contributed by atoms with Gasteiger partial charge in [-0.2, -0.15) is 11.8 Å². The average Bonchev–Trinajstić information content (AvgIpc) is 3.06. The van der Waals surface area contributed by atoms with E-state index in [0.717, 1.165) is 41.5 Å². The van der Waals surface area contributed by atoms with E-state index in [2.05, 4.69) is 15.6 Å². The standard InChI is InChI=1S/C18H29N3O3S/c1-5-19-17(20-11-18(22)8-9-25-12-18)21-13(2)15-10-14(23-3)6-7-16(15)24-4/h6-7,10,13,22H,5,8-9,11-12H2,1-4H3,(H2,19,20,21). The number of guanidine groups is 1. The molecule has 0 spiro atoms. The highest BCUT2D eigenvalue weighted by Gasteiger charge is 2.31. The van der Waals surface area contributed by atoms with Crippen molar-refractivity contribution in [3.63, 3.8) is 0 Å². The van der Waals surface area contributed by atoms with Gasteiger partial charge in [-0.1, -0.05) is 0 Å². The first kappa shape index (κ1) is 19.7. The van der Waals surface area contributed by atoms with Crippen molar-refractivity contribution >= 4 is 17.7 Å². The van der Waals surface area contributed by atoms with Gasteiger partial charge in [-0.3, -0.25) is 4.99 Å². The van der Waals surface area contributed by atoms with Gasteiger partial charge in [-0.05, 0) is 44.2 Å². The summed E-state index contributed by atoms with van der Waals surface area (Å²) in [5, 5.41) is 17.1. The third kappa shape index (κ3) is 5.44. The van der Waals surface area contributed by atoms with E-state index in [0.29, 0.717) is 12.5 Å². The number of thioether (sulfide) groups is 1. The molecule has 3 N–H and O–H groups in total. The van der Waals surface area contributed by atoms with Crippen molar-refractivity contribution in [2.24, 2.45) is 4.99 Å². The van der Waals surface area contributed by atoms with E-state index in [-0.39, 0.29) is 6.04 Å². The van der Waals surface area contributed by atoms with Crippen molar-refractivity contribution in [3.8, 4) is 11.5 Å². The second-order valence-electron chi connectivity index (χ2n) is 6.20. The molecule has 0 bridgehead atoms. The molecule has 0 amide bonds. The van der Waals surface area contributed by atoms with Crippen molar-refractivity contribution in [3.05, 3.63) is 23.8 Å². The molecular formula is C18H29N3O3S. The van der Waals surface area contributed by atoms with E-state index in [1.165, 1.54) is 0 Å². The molecule has 7 heteroatoms. The number of nitrogens with zero attached hydrogens (tertiary/aromatic N) is 1. The highest BCUT2D eigenvalue weighted by molar-refractivity contribution is 7.99. The molecule has 1 aliphatic rings. The first-order valence-electron chi connectivity index (χ1n) is 8.58. The summed E-state index contributed by atoms with van der Waals surface area (Å²) in [4.78, 5) is 4.59. The zero-order valence-corrected chi connectivity index (χ0v) is 16.3. The minimum Gasteiger partial charge on any atom is -0.497 e. The fourth-order valence-electron chi connectivity index (χ4n) is 2.73. The molecule has 0 aliphatic carbocycles. The van der Waals surface area contributed by atoms with Gasteiger partial charge in [0.25, 0.3) is 0 Å². The third-order valence-corrected chi connectivity index (χ3v) is 5.45. The van der Waals surface area contributed by atoms with Gasteiger partial charge in [0, 0.05) is 17.9 Å². The van der Waals surface area contributed by atoms with Crippen LogP contribution in [0, 0.1) is 0 Å². The van der Waals surface area contributed by atoms with Crippen molar-refractivity contribution in [2.75, 3.05) is 38.8 Å². The molecule has 2 rings (SSSR count). The Bertz CT molecular complexity index is 589. The van der Waals surface area contributed by atoms with Gasteiger partial charge in [0.15, 0.2) is 5.96 Å². The molecule has 1 saturated heterocycles. The van der Waals surface area contributed by atoms with Crippen LogP contribution in [-0.2, 0) is 0 Å². The molecule has 0 saturated carbocycles. The smallest absolute Gasteiger partial charge is 0.191 e. The van der Waals surface area contributed by atoms with Crippen molar-refractivity contribution < 1.29 is 14.6 Å². The molecule has 0 aromatic heterocycles. The summed E-state index contributed by atoms with van der Waals surface area (Å²) in [6.07, 6.45) is 0.792. The van der Waals surface area contributed by atoms with Crippen LogP contribution in [0.4, 0.5) is 0 Å². The van der Waals surface area contributed by atoms with Crippen LogP contribution in [0.15, 0.2) is 23.2 Å². The molecule has 1 aromatic carbocycles. The van der Waals surface area contributed by atoms with Crippen LogP contribution < -0.4 is 20.1 Å². The Labute approximate surface area is 154 Å². The zero-order valence-electron chi connectivity index (χ0n) is 15.5. The van der Waals surface area contributed by atoms with Crippen LogP contribution >= 0.6 is 11.8 Å². The molecule has 2 atom stereocenters. The van der Waals surface area contributed by atoms with E-state index in [1.54, 1.807) is 26.0 Å². The Balaban J connectivity index is 2.12. The molecule has 1 aliphatic heterocycles. The zero-order chi connectivity index (χ0) is 18.3. The van der Waals surface area contributed by atoms with Crippen molar-refractivity contribution in [1.29, 1.82) is 0 Å². The van der Waals surface area contributed by atoms with Crippen LogP contribution in [0.25, 0.3) is 0 Å². The van der Waals surface area contributed by atoms with Gasteiger partial charge in [-0.15, -0.1) is 0 Å². The molecule has 1 fully saturated rings. The number of methoxy groups -OCH3 is 2. The second kappa shape index (κ2) is 9.20. The SMILES string of the molecule is CCNC(=NCC1(O)CCSC1)NC(C)c1cc(OC)ccc1OC. The van der Waals surface area contributed by atoms with Gasteiger partial charge in [-0.25, -0.2) is 0 Å². The van der Waals surface area contributed by atoms with Crippen molar-refractivity contribution in [1.82, 2.24) is 10.6 Å². The maximum atomic E-state index is 10.5. The highest BCUT2D eigenvalue weighted by Crippen LogP contribution is 2.30. The normalized spacial score (nSPS) is 21.7. The summed E-state index contributed by atoms with van der Waals surface area (Å²) in [5.74, 6) is 4.00. The Morgan fingerprint density at radius 1 is 1.40 bits per heavy atom. The number of ether oxygens (including phenoxy) is 2. The van der Waals surface area contributed by atoms with Gasteiger partial charge < -0.3 is 25.2 Å². The molecule has 2 unspecified atom stereocenters. The number of aliphatic hydroxyl groups is 1. The fraction of sp³-hybridized carbons (Fsp3) is 0.611. The van der Waals surface area contributed by atoms with Gasteiger partial charge in [0.05, 0.1) is 32.4 Å². The van der Waals surface area contributed by atoms with E-state index >= 15 is 0 Å². The average molecular weight is 368 g/mol. The lowest BCUT2D eigenvalue weighted by molar-refractivity contribution is 0.0778. The lowest BCUT2D eigenvalue weighted by atomic mass is 10.0. The van der Waals surface area contributed by atoms with E-state index < -0.39 is 5.60 Å². The topological polar surface area (TPSA) is 75.1 Å². The molecule has 25 heavy (non-hydrogen) atoms. The van der Waals surface area contributed by atoms with Crippen LogP contribution in [0.3, 0.4) is 0 Å². The van der Waals surface area contributed by atoms with E-state index in [4.69, 9.17) is 9.47 Å². The van der Waals surface area contributed by atoms with Crippen LogP contribution in [0.1, 0.15) is 31.9 Å². The molecule has 1 heterocycles. The first-order valence-corrected chi connectivity index (χ1v) is 9.73. The summed E-state index contributed by atoms with van der Waals surface area (Å²) >= 11 is 1.78. The second-order valence-corrected chi connectivity index (χ2v) is 7.30. The molecule has 6 nitrogen and oxygen atoms in total. The van der Waals surface area contributed by atoms with Gasteiger partial charge >= 0.3 is 0 Å². The summed E-state index contributed by atoms with van der Waals surface area (Å²) in [5.41, 5.74) is 0.298. The van der Waals surface area contributed by atoms with Crippen LogP contribution in [-0.4, -0.2) is 55.5 Å². The largest absolute Gasteiger partial charge is 0.497 e. The fourth-order valence-corrected chi connectivity index (χ4v) is 4.01. The molecule has 0 radical (unpaired) electrons. The van der Waals surface area contributed by atoms with Gasteiger partial charge in [0.2, 0.25) is 0 Å². The summed E-state index contributed by atoms with van der Waals surface area (Å²) in [6.45, 7) is 5.22. The quantitative estimate of drug-likeness (QED) is 0.507. The van der Waals surface area contributed by atoms with Crippen molar-refractivity contribution in [2.45, 2.75) is 31.9 Å². The lowest BCUT2D eigenvalue weighted by Crippen LogP contribution is -2.41. The predicted molar refractivity (Wildman–Crippen MR) is 104 cm³/mol. The minimum absolute atomic E-state index is 0.0320. The van der Waals surface area contributed by atoms with E-state index in [1.807, 2.05) is 32.0 Å². The number of hydrogen-bond acceptors (Lipinski definition) is 5. The number of nitrogens with one attached hydrogen (secondary N) is 2. The first-order chi connectivity index (χ1) is 12.0. The van der Waals surface area contributed by atoms with Crippen LogP contribution in [0.5, 0.6) is 11.5 Å². The van der Waals surface area contributed by atoms with Crippen LogP contribution in [0.2, 0.25) is 0 Å². The number of benzene rings is 1. The Morgan fingerprint density at radius 3 is 2.80 bits per heavy atom. The van der Waals surface area contributed by atoms with E-state index in [9.17, 15) is 5.11 Å². The molecule has 1 aromatic rings. The summed E-state index contributed by atoms with van der Waals surface area (Å²) < 4.78 is 10.8. The molecular weight excluding hydrogens is 338 g/mol. The molecule has 140 valence electrons. The highest BCUT2D eigenvalue weighted by atomic mass is 32.2. The summed E-state index contributed by atoms with van der Waals surface area (Å²) in [7, 11) is 3.31. The maximum Gasteiger partial charge on any atom is 0.191 e. The number of rotatable bonds is 7.